The second-order valence-electron chi connectivity index (χ2n) is 3.09. The molecule has 0 aliphatic rings. The van der Waals surface area contributed by atoms with Crippen LogP contribution in [0.15, 0.2) is 35.3 Å². The van der Waals surface area contributed by atoms with Crippen LogP contribution in [0.5, 0.6) is 0 Å². The van der Waals surface area contributed by atoms with Crippen LogP contribution in [0.1, 0.15) is 12.5 Å². The summed E-state index contributed by atoms with van der Waals surface area (Å²) in [5.74, 6) is 0.00454. The number of carbonyl (C=O) groups excluding carboxylic acids is 1. The molecule has 0 aliphatic carbocycles. The average molecular weight is 218 g/mol. The number of rotatable bonds is 3. The van der Waals surface area contributed by atoms with Crippen molar-refractivity contribution in [3.05, 3.63) is 40.8 Å². The molecular weight excluding hydrogens is 208 g/mol. The van der Waals surface area contributed by atoms with Crippen molar-refractivity contribution in [3.63, 3.8) is 0 Å². The highest BCUT2D eigenvalue weighted by Crippen LogP contribution is 2.14. The van der Waals surface area contributed by atoms with Crippen molar-refractivity contribution in [3.8, 4) is 0 Å². The molecule has 0 spiro atoms. The lowest BCUT2D eigenvalue weighted by molar-refractivity contribution is -0.112. The number of aromatic nitrogens is 2. The molecule has 0 saturated carbocycles. The molecule has 0 fully saturated rings. The number of nitrogens with zero attached hydrogens (tertiary/aromatic N) is 2. The standard InChI is InChI=1S/C11H10N2OS/c1-9(14)11(13-5-2-4-12-13)7-10-3-6-15-8-10/h2-8H,1H3/b11-7-. The van der Waals surface area contributed by atoms with Gasteiger partial charge in [-0.15, -0.1) is 0 Å². The number of hydrogen-bond donors (Lipinski definition) is 0. The van der Waals surface area contributed by atoms with Gasteiger partial charge in [0.2, 0.25) is 0 Å². The minimum atomic E-state index is 0.00454. The molecule has 2 aromatic rings. The Morgan fingerprint density at radius 1 is 1.60 bits per heavy atom. The number of hydrogen-bond acceptors (Lipinski definition) is 3. The fourth-order valence-corrected chi connectivity index (χ4v) is 1.87. The number of Topliss-reactive ketones (excluding diaryl/α,β-unsaturated/α-hetero) is 1. The van der Waals surface area contributed by atoms with Crippen LogP contribution in [0.3, 0.4) is 0 Å². The first kappa shape index (κ1) is 9.86. The molecule has 0 N–H and O–H groups in total. The molecular formula is C11H10N2OS. The van der Waals surface area contributed by atoms with Crippen LogP contribution >= 0.6 is 11.3 Å². The molecule has 0 amide bonds. The quantitative estimate of drug-likeness (QED) is 0.742. The van der Waals surface area contributed by atoms with Crippen molar-refractivity contribution in [2.45, 2.75) is 6.92 Å². The van der Waals surface area contributed by atoms with Gasteiger partial charge in [-0.2, -0.15) is 16.4 Å². The summed E-state index contributed by atoms with van der Waals surface area (Å²) in [7, 11) is 0. The zero-order valence-electron chi connectivity index (χ0n) is 8.25. The molecule has 0 saturated heterocycles. The Balaban J connectivity index is 2.41. The Hall–Kier alpha value is -1.68. The van der Waals surface area contributed by atoms with Gasteiger partial charge in [0.05, 0.1) is 0 Å². The largest absolute Gasteiger partial charge is 0.293 e. The van der Waals surface area contributed by atoms with Crippen molar-refractivity contribution >= 4 is 28.9 Å². The van der Waals surface area contributed by atoms with Crippen LogP contribution < -0.4 is 0 Å². The van der Waals surface area contributed by atoms with E-state index in [0.717, 1.165) is 5.56 Å². The second kappa shape index (κ2) is 4.23. The van der Waals surface area contributed by atoms with Gasteiger partial charge in [-0.1, -0.05) is 0 Å². The van der Waals surface area contributed by atoms with E-state index >= 15 is 0 Å². The summed E-state index contributed by atoms with van der Waals surface area (Å²) in [6.45, 7) is 1.54. The van der Waals surface area contributed by atoms with E-state index < -0.39 is 0 Å². The summed E-state index contributed by atoms with van der Waals surface area (Å²) in [5.41, 5.74) is 1.61. The highest BCUT2D eigenvalue weighted by Gasteiger charge is 2.06. The van der Waals surface area contributed by atoms with Crippen molar-refractivity contribution in [1.82, 2.24) is 9.78 Å². The number of carbonyl (C=O) groups is 1. The smallest absolute Gasteiger partial charge is 0.178 e. The lowest BCUT2D eigenvalue weighted by Crippen LogP contribution is -2.05. The molecule has 0 atom stereocenters. The third kappa shape index (κ3) is 2.22. The minimum absolute atomic E-state index is 0.00454. The van der Waals surface area contributed by atoms with Crippen LogP contribution in [0.25, 0.3) is 11.8 Å². The summed E-state index contributed by atoms with van der Waals surface area (Å²) in [4.78, 5) is 11.4. The summed E-state index contributed by atoms with van der Waals surface area (Å²) in [6, 6.07) is 3.77. The summed E-state index contributed by atoms with van der Waals surface area (Å²) in [6.07, 6.45) is 5.26. The Bertz CT molecular complexity index is 469. The normalized spacial score (nSPS) is 11.7. The predicted octanol–water partition coefficient (Wildman–Crippen LogP) is 2.53. The van der Waals surface area contributed by atoms with Crippen molar-refractivity contribution in [2.24, 2.45) is 0 Å². The van der Waals surface area contributed by atoms with E-state index in [1.54, 1.807) is 41.4 Å². The SMILES string of the molecule is CC(=O)/C(=C/c1ccsc1)n1cccn1. The van der Waals surface area contributed by atoms with Crippen molar-refractivity contribution in [1.29, 1.82) is 0 Å². The first-order chi connectivity index (χ1) is 7.27. The fourth-order valence-electron chi connectivity index (χ4n) is 1.26. The van der Waals surface area contributed by atoms with E-state index in [1.807, 2.05) is 22.9 Å². The van der Waals surface area contributed by atoms with Crippen LogP contribution in [0.2, 0.25) is 0 Å². The van der Waals surface area contributed by atoms with E-state index in [2.05, 4.69) is 5.10 Å². The molecule has 3 nitrogen and oxygen atoms in total. The lowest BCUT2D eigenvalue weighted by Gasteiger charge is -2.02. The molecule has 2 rings (SSSR count). The molecule has 0 aliphatic heterocycles. The molecule has 0 radical (unpaired) electrons. The maximum absolute atomic E-state index is 11.4. The maximum Gasteiger partial charge on any atom is 0.178 e. The molecule has 0 unspecified atom stereocenters. The zero-order chi connectivity index (χ0) is 10.7. The van der Waals surface area contributed by atoms with E-state index in [0.29, 0.717) is 5.70 Å². The molecule has 2 aromatic heterocycles. The van der Waals surface area contributed by atoms with Gasteiger partial charge in [0.25, 0.3) is 0 Å². The Morgan fingerprint density at radius 2 is 2.47 bits per heavy atom. The van der Waals surface area contributed by atoms with Gasteiger partial charge in [0, 0.05) is 19.3 Å². The van der Waals surface area contributed by atoms with Gasteiger partial charge in [0.15, 0.2) is 5.78 Å². The third-order valence-electron chi connectivity index (χ3n) is 1.96. The van der Waals surface area contributed by atoms with E-state index in [4.69, 9.17) is 0 Å². The van der Waals surface area contributed by atoms with Crippen molar-refractivity contribution < 1.29 is 4.79 Å². The number of allylic oxidation sites excluding steroid dienone is 1. The Kier molecular flexibility index (Phi) is 2.78. The summed E-state index contributed by atoms with van der Waals surface area (Å²) in [5, 5.41) is 8.02. The average Bonchev–Trinajstić information content (AvgIpc) is 2.87. The molecule has 76 valence electrons. The molecule has 0 bridgehead atoms. The number of ketones is 1. The highest BCUT2D eigenvalue weighted by molar-refractivity contribution is 7.08. The van der Waals surface area contributed by atoms with Crippen LogP contribution in [-0.2, 0) is 4.79 Å². The van der Waals surface area contributed by atoms with Crippen LogP contribution in [0.4, 0.5) is 0 Å². The topological polar surface area (TPSA) is 34.9 Å². The predicted molar refractivity (Wildman–Crippen MR) is 61.4 cm³/mol. The van der Waals surface area contributed by atoms with E-state index in [1.165, 1.54) is 0 Å². The number of thiophene rings is 1. The van der Waals surface area contributed by atoms with Crippen molar-refractivity contribution in [2.75, 3.05) is 0 Å². The summed E-state index contributed by atoms with van der Waals surface area (Å²) >= 11 is 1.60. The fraction of sp³-hybridized carbons (Fsp3) is 0.0909. The third-order valence-corrected chi connectivity index (χ3v) is 2.66. The second-order valence-corrected chi connectivity index (χ2v) is 3.87. The van der Waals surface area contributed by atoms with Gasteiger partial charge < -0.3 is 0 Å². The van der Waals surface area contributed by atoms with Gasteiger partial charge in [-0.3, -0.25) is 4.79 Å². The Labute approximate surface area is 91.7 Å². The molecule has 0 aromatic carbocycles. The zero-order valence-corrected chi connectivity index (χ0v) is 9.07. The van der Waals surface area contributed by atoms with Gasteiger partial charge >= 0.3 is 0 Å². The molecule has 15 heavy (non-hydrogen) atoms. The van der Waals surface area contributed by atoms with E-state index in [9.17, 15) is 4.79 Å². The monoisotopic (exact) mass is 218 g/mol. The summed E-state index contributed by atoms with van der Waals surface area (Å²) < 4.78 is 1.58. The van der Waals surface area contributed by atoms with Crippen LogP contribution in [-0.4, -0.2) is 15.6 Å². The van der Waals surface area contributed by atoms with Crippen LogP contribution in [0, 0.1) is 0 Å². The lowest BCUT2D eigenvalue weighted by atomic mass is 10.2. The van der Waals surface area contributed by atoms with Gasteiger partial charge in [-0.05, 0) is 34.5 Å². The van der Waals surface area contributed by atoms with E-state index in [-0.39, 0.29) is 5.78 Å². The first-order valence-corrected chi connectivity index (χ1v) is 5.46. The molecule has 2 heterocycles. The van der Waals surface area contributed by atoms with Gasteiger partial charge in [0.1, 0.15) is 5.70 Å². The maximum atomic E-state index is 11.4. The molecule has 4 heteroatoms. The first-order valence-electron chi connectivity index (χ1n) is 4.52. The Morgan fingerprint density at radius 3 is 3.00 bits per heavy atom. The minimum Gasteiger partial charge on any atom is -0.293 e. The van der Waals surface area contributed by atoms with Gasteiger partial charge in [-0.25, -0.2) is 4.68 Å². The highest BCUT2D eigenvalue weighted by atomic mass is 32.1.